The lowest BCUT2D eigenvalue weighted by molar-refractivity contribution is -0.183. The Morgan fingerprint density at radius 1 is 1.04 bits per heavy atom. The summed E-state index contributed by atoms with van der Waals surface area (Å²) < 4.78 is 26.7. The molecular weight excluding hydrogens is 359 g/mol. The minimum Gasteiger partial charge on any atom is -0.348 e. The first-order chi connectivity index (χ1) is 11.2. The van der Waals surface area contributed by atoms with Crippen molar-refractivity contribution in [2.45, 2.75) is 19.1 Å². The molecule has 0 saturated carbocycles. The first-order valence-corrected chi connectivity index (χ1v) is 8.52. The van der Waals surface area contributed by atoms with Crippen LogP contribution in [0, 0.1) is 5.82 Å². The first-order valence-electron chi connectivity index (χ1n) is 7.73. The molecule has 2 aliphatic rings. The number of rotatable bonds is 2. The Morgan fingerprint density at radius 3 is 2.65 bits per heavy atom. The maximum Gasteiger partial charge on any atom is 0.183 e. The van der Waals surface area contributed by atoms with Crippen LogP contribution in [0.2, 0.25) is 0 Å². The number of hydrogen-bond acceptors (Lipinski definition) is 2. The highest BCUT2D eigenvalue weighted by atomic mass is 79.9. The van der Waals surface area contributed by atoms with Gasteiger partial charge in [-0.15, -0.1) is 0 Å². The summed E-state index contributed by atoms with van der Waals surface area (Å²) in [6, 6.07) is 11.4. The van der Waals surface area contributed by atoms with E-state index in [9.17, 15) is 4.39 Å². The molecule has 0 bridgehead atoms. The van der Waals surface area contributed by atoms with Crippen molar-refractivity contribution in [1.29, 1.82) is 0 Å². The monoisotopic (exact) mass is 374 g/mol. The van der Waals surface area contributed by atoms with E-state index >= 15 is 0 Å². The molecule has 2 nitrogen and oxygen atoms in total. The van der Waals surface area contributed by atoms with E-state index < -0.39 is 6.29 Å². The molecule has 0 N–H and O–H groups in total. The summed E-state index contributed by atoms with van der Waals surface area (Å²) >= 11 is 3.48. The second kappa shape index (κ2) is 6.19. The van der Waals surface area contributed by atoms with E-state index in [1.54, 1.807) is 0 Å². The van der Waals surface area contributed by atoms with Gasteiger partial charge in [-0.05, 0) is 47.7 Å². The van der Waals surface area contributed by atoms with Crippen LogP contribution >= 0.6 is 15.9 Å². The topological polar surface area (TPSA) is 18.5 Å². The zero-order valence-electron chi connectivity index (χ0n) is 12.5. The molecule has 1 heterocycles. The lowest BCUT2D eigenvalue weighted by Gasteiger charge is -2.23. The average Bonchev–Trinajstić information content (AvgIpc) is 2.98. The van der Waals surface area contributed by atoms with Crippen LogP contribution in [0.3, 0.4) is 0 Å². The maximum atomic E-state index is 14.6. The third kappa shape index (κ3) is 2.99. The van der Waals surface area contributed by atoms with Crippen LogP contribution in [-0.2, 0) is 15.9 Å². The van der Waals surface area contributed by atoms with Gasteiger partial charge >= 0.3 is 0 Å². The Balaban J connectivity index is 1.61. The summed E-state index contributed by atoms with van der Waals surface area (Å²) in [7, 11) is 0. The van der Waals surface area contributed by atoms with Crippen molar-refractivity contribution in [2.75, 3.05) is 13.2 Å². The summed E-state index contributed by atoms with van der Waals surface area (Å²) in [5.41, 5.74) is 4.77. The molecule has 0 unspecified atom stereocenters. The van der Waals surface area contributed by atoms with Crippen LogP contribution in [0.5, 0.6) is 0 Å². The molecule has 23 heavy (non-hydrogen) atoms. The SMILES string of the molecule is Fc1cc(C2OCCCO2)ccc1C1=Cc2ccc(Br)cc2C1. The second-order valence-electron chi connectivity index (χ2n) is 5.86. The van der Waals surface area contributed by atoms with Crippen LogP contribution in [0.4, 0.5) is 4.39 Å². The van der Waals surface area contributed by atoms with Crippen LogP contribution in [0.25, 0.3) is 11.6 Å². The van der Waals surface area contributed by atoms with Crippen LogP contribution < -0.4 is 0 Å². The summed E-state index contributed by atoms with van der Waals surface area (Å²) in [5.74, 6) is -0.224. The van der Waals surface area contributed by atoms with Gasteiger partial charge in [-0.1, -0.05) is 40.2 Å². The predicted octanol–water partition coefficient (Wildman–Crippen LogP) is 5.12. The molecule has 2 aromatic rings. The van der Waals surface area contributed by atoms with E-state index in [0.29, 0.717) is 18.8 Å². The molecule has 0 radical (unpaired) electrons. The lowest BCUT2D eigenvalue weighted by atomic mass is 10.0. The number of fused-ring (bicyclic) bond motifs is 1. The highest BCUT2D eigenvalue weighted by Gasteiger charge is 2.21. The van der Waals surface area contributed by atoms with E-state index in [4.69, 9.17) is 9.47 Å². The normalized spacial score (nSPS) is 17.9. The number of benzene rings is 2. The van der Waals surface area contributed by atoms with Crippen molar-refractivity contribution in [3.63, 3.8) is 0 Å². The number of halogens is 2. The van der Waals surface area contributed by atoms with E-state index in [1.807, 2.05) is 18.2 Å². The van der Waals surface area contributed by atoms with Gasteiger partial charge in [0.2, 0.25) is 0 Å². The molecule has 0 amide bonds. The zero-order chi connectivity index (χ0) is 15.8. The second-order valence-corrected chi connectivity index (χ2v) is 6.77. The van der Waals surface area contributed by atoms with Gasteiger partial charge in [-0.3, -0.25) is 0 Å². The van der Waals surface area contributed by atoms with Gasteiger partial charge in [-0.2, -0.15) is 0 Å². The van der Waals surface area contributed by atoms with Crippen molar-refractivity contribution in [3.8, 4) is 0 Å². The smallest absolute Gasteiger partial charge is 0.183 e. The maximum absolute atomic E-state index is 14.6. The van der Waals surface area contributed by atoms with Crippen LogP contribution in [-0.4, -0.2) is 13.2 Å². The van der Waals surface area contributed by atoms with Crippen molar-refractivity contribution >= 4 is 27.6 Å². The fraction of sp³-hybridized carbons (Fsp3) is 0.263. The quantitative estimate of drug-likeness (QED) is 0.726. The molecule has 1 aliphatic carbocycles. The zero-order valence-corrected chi connectivity index (χ0v) is 14.1. The van der Waals surface area contributed by atoms with E-state index in [0.717, 1.165) is 34.0 Å². The molecular formula is C19H16BrFO2. The largest absolute Gasteiger partial charge is 0.348 e. The Hall–Kier alpha value is -1.49. The van der Waals surface area contributed by atoms with Gasteiger partial charge in [-0.25, -0.2) is 4.39 Å². The van der Waals surface area contributed by atoms with E-state index in [1.165, 1.54) is 11.6 Å². The van der Waals surface area contributed by atoms with Crippen molar-refractivity contribution in [1.82, 2.24) is 0 Å². The third-order valence-electron chi connectivity index (χ3n) is 4.25. The van der Waals surface area contributed by atoms with Gasteiger partial charge < -0.3 is 9.47 Å². The average molecular weight is 375 g/mol. The predicted molar refractivity (Wildman–Crippen MR) is 91.4 cm³/mol. The van der Waals surface area contributed by atoms with Gasteiger partial charge in [0.05, 0.1) is 13.2 Å². The molecule has 1 saturated heterocycles. The Morgan fingerprint density at radius 2 is 1.87 bits per heavy atom. The molecule has 4 heteroatoms. The van der Waals surface area contributed by atoms with E-state index in [2.05, 4.69) is 34.1 Å². The standard InChI is InChI=1S/C19H16BrFO2/c20-16-4-2-12-8-15(9-14(12)10-16)17-5-3-13(11-18(17)21)19-22-6-1-7-23-19/h2-5,8,10-11,19H,1,6-7,9H2. The number of allylic oxidation sites excluding steroid dienone is 1. The fourth-order valence-electron chi connectivity index (χ4n) is 3.10. The minimum atomic E-state index is -0.446. The fourth-order valence-corrected chi connectivity index (χ4v) is 3.51. The Bertz CT molecular complexity index is 779. The van der Waals surface area contributed by atoms with E-state index in [-0.39, 0.29) is 5.82 Å². The molecule has 1 fully saturated rings. The van der Waals surface area contributed by atoms with Crippen molar-refractivity contribution < 1.29 is 13.9 Å². The summed E-state index contributed by atoms with van der Waals surface area (Å²) in [5, 5.41) is 0. The van der Waals surface area contributed by atoms with Crippen LogP contribution in [0.1, 0.15) is 35.0 Å². The number of ether oxygens (including phenoxy) is 2. The first kappa shape index (κ1) is 15.1. The number of hydrogen-bond donors (Lipinski definition) is 0. The van der Waals surface area contributed by atoms with Crippen molar-refractivity contribution in [2.24, 2.45) is 0 Å². The summed E-state index contributed by atoms with van der Waals surface area (Å²) in [6.45, 7) is 1.31. The summed E-state index contributed by atoms with van der Waals surface area (Å²) in [6.07, 6.45) is 3.25. The highest BCUT2D eigenvalue weighted by molar-refractivity contribution is 9.10. The van der Waals surface area contributed by atoms with Gasteiger partial charge in [0.15, 0.2) is 6.29 Å². The molecule has 118 valence electrons. The Kier molecular flexibility index (Phi) is 4.05. The molecule has 1 aliphatic heterocycles. The van der Waals surface area contributed by atoms with Crippen LogP contribution in [0.15, 0.2) is 40.9 Å². The lowest BCUT2D eigenvalue weighted by Crippen LogP contribution is -2.17. The van der Waals surface area contributed by atoms with Gasteiger partial charge in [0.1, 0.15) is 5.82 Å². The molecule has 0 atom stereocenters. The van der Waals surface area contributed by atoms with Crippen molar-refractivity contribution in [3.05, 3.63) is 68.9 Å². The molecule has 4 rings (SSSR count). The molecule has 2 aromatic carbocycles. The van der Waals surface area contributed by atoms with Gasteiger partial charge in [0, 0.05) is 15.6 Å². The molecule has 0 aromatic heterocycles. The highest BCUT2D eigenvalue weighted by Crippen LogP contribution is 2.35. The molecule has 0 spiro atoms. The Labute approximate surface area is 143 Å². The third-order valence-corrected chi connectivity index (χ3v) is 4.75. The summed E-state index contributed by atoms with van der Waals surface area (Å²) in [4.78, 5) is 0. The minimum absolute atomic E-state index is 0.224. The van der Waals surface area contributed by atoms with Gasteiger partial charge in [0.25, 0.3) is 0 Å².